The summed E-state index contributed by atoms with van der Waals surface area (Å²) in [5.74, 6) is 0.456. The van der Waals surface area contributed by atoms with Gasteiger partial charge in [-0.15, -0.1) is 0 Å². The molecule has 1 aromatic rings. The van der Waals surface area contributed by atoms with Crippen molar-refractivity contribution in [3.63, 3.8) is 0 Å². The van der Waals surface area contributed by atoms with Crippen LogP contribution in [0.15, 0.2) is 30.4 Å². The topological polar surface area (TPSA) is 71.3 Å². The lowest BCUT2D eigenvalue weighted by Gasteiger charge is -2.21. The second-order valence-corrected chi connectivity index (χ2v) is 4.06. The van der Waals surface area contributed by atoms with Crippen LogP contribution in [0.4, 0.5) is 0 Å². The van der Waals surface area contributed by atoms with E-state index in [-0.39, 0.29) is 0 Å². The Morgan fingerprint density at radius 1 is 1.67 bits per heavy atom. The first-order valence-corrected chi connectivity index (χ1v) is 5.81. The molecule has 0 aliphatic carbocycles. The molecule has 0 amide bonds. The summed E-state index contributed by atoms with van der Waals surface area (Å²) >= 11 is 5.69. The largest absolute Gasteiger partial charge is 0.367 e. The number of nitro groups is 1. The van der Waals surface area contributed by atoms with E-state index in [1.54, 1.807) is 24.2 Å². The predicted octanol–water partition coefficient (Wildman–Crippen LogP) is 1.85. The van der Waals surface area contributed by atoms with Crippen LogP contribution < -0.4 is 5.32 Å². The molecule has 98 valence electrons. The zero-order chi connectivity index (χ0) is 13.5. The highest BCUT2D eigenvalue weighted by atomic mass is 35.5. The molecule has 0 saturated carbocycles. The van der Waals surface area contributed by atoms with Crippen LogP contribution in [0.3, 0.4) is 0 Å². The van der Waals surface area contributed by atoms with Gasteiger partial charge in [0.2, 0.25) is 0 Å². The molecule has 6 nitrogen and oxygen atoms in total. The number of nitrogens with zero attached hydrogens (tertiary/aromatic N) is 3. The van der Waals surface area contributed by atoms with Gasteiger partial charge in [-0.3, -0.25) is 10.1 Å². The number of pyridine rings is 1. The third-order valence-electron chi connectivity index (χ3n) is 2.21. The average molecular weight is 271 g/mol. The van der Waals surface area contributed by atoms with E-state index in [4.69, 9.17) is 11.6 Å². The Hall–Kier alpha value is -1.82. The second-order valence-electron chi connectivity index (χ2n) is 3.68. The Bertz CT molecular complexity index is 433. The van der Waals surface area contributed by atoms with E-state index in [1.165, 1.54) is 0 Å². The van der Waals surface area contributed by atoms with E-state index in [1.807, 2.05) is 13.0 Å². The number of hydrogen-bond donors (Lipinski definition) is 1. The lowest BCUT2D eigenvalue weighted by Crippen LogP contribution is -2.29. The molecule has 0 bridgehead atoms. The van der Waals surface area contributed by atoms with Gasteiger partial charge in [-0.05, 0) is 18.6 Å². The van der Waals surface area contributed by atoms with Crippen molar-refractivity contribution < 1.29 is 4.92 Å². The fourth-order valence-electron chi connectivity index (χ4n) is 1.42. The third kappa shape index (κ3) is 4.58. The Balaban J connectivity index is 2.75. The van der Waals surface area contributed by atoms with Crippen LogP contribution in [-0.2, 0) is 6.54 Å². The number of nitrogens with one attached hydrogen (secondary N) is 1. The van der Waals surface area contributed by atoms with E-state index in [9.17, 15) is 10.1 Å². The molecule has 0 radical (unpaired) electrons. The predicted molar refractivity (Wildman–Crippen MR) is 69.5 cm³/mol. The van der Waals surface area contributed by atoms with Crippen LogP contribution in [0.2, 0.25) is 5.15 Å². The molecule has 1 aromatic heterocycles. The molecular weight excluding hydrogens is 256 g/mol. The minimum atomic E-state index is -0.478. The van der Waals surface area contributed by atoms with E-state index >= 15 is 0 Å². The molecule has 0 spiro atoms. The van der Waals surface area contributed by atoms with E-state index in [2.05, 4.69) is 10.3 Å². The van der Waals surface area contributed by atoms with Crippen LogP contribution in [0.5, 0.6) is 0 Å². The molecule has 0 atom stereocenters. The Labute approximate surface area is 110 Å². The zero-order valence-electron chi connectivity index (χ0n) is 10.3. The maximum absolute atomic E-state index is 10.5. The monoisotopic (exact) mass is 270 g/mol. The molecule has 0 aromatic carbocycles. The lowest BCUT2D eigenvalue weighted by molar-refractivity contribution is -0.404. The summed E-state index contributed by atoms with van der Waals surface area (Å²) in [6, 6.07) is 3.52. The van der Waals surface area contributed by atoms with Crippen LogP contribution in [0.25, 0.3) is 0 Å². The molecule has 1 N–H and O–H groups in total. The highest BCUT2D eigenvalue weighted by Crippen LogP contribution is 2.09. The smallest absolute Gasteiger partial charge is 0.274 e. The summed E-state index contributed by atoms with van der Waals surface area (Å²) in [7, 11) is 1.77. The minimum absolute atomic E-state index is 0.425. The van der Waals surface area contributed by atoms with Crippen LogP contribution in [-0.4, -0.2) is 28.4 Å². The highest BCUT2D eigenvalue weighted by Gasteiger charge is 2.09. The van der Waals surface area contributed by atoms with Crippen molar-refractivity contribution in [2.24, 2.45) is 0 Å². The van der Waals surface area contributed by atoms with Crippen molar-refractivity contribution in [1.82, 2.24) is 15.2 Å². The van der Waals surface area contributed by atoms with Gasteiger partial charge in [0, 0.05) is 26.3 Å². The maximum atomic E-state index is 10.5. The molecule has 0 unspecified atom stereocenters. The molecule has 0 aliphatic rings. The van der Waals surface area contributed by atoms with Gasteiger partial charge in [-0.25, -0.2) is 4.98 Å². The second kappa shape index (κ2) is 6.80. The van der Waals surface area contributed by atoms with Crippen molar-refractivity contribution >= 4 is 11.6 Å². The van der Waals surface area contributed by atoms with Gasteiger partial charge in [0.15, 0.2) is 5.82 Å². The first kappa shape index (κ1) is 14.2. The van der Waals surface area contributed by atoms with Crippen molar-refractivity contribution in [2.75, 3.05) is 13.6 Å². The summed E-state index contributed by atoms with van der Waals surface area (Å²) in [6.07, 6.45) is 2.60. The number of halogens is 1. The van der Waals surface area contributed by atoms with Crippen molar-refractivity contribution in [2.45, 2.75) is 13.5 Å². The fraction of sp³-hybridized carbons (Fsp3) is 0.364. The third-order valence-corrected chi connectivity index (χ3v) is 2.43. The molecule has 1 rings (SSSR count). The van der Waals surface area contributed by atoms with Gasteiger partial charge < -0.3 is 10.2 Å². The lowest BCUT2D eigenvalue weighted by atomic mass is 10.3. The summed E-state index contributed by atoms with van der Waals surface area (Å²) in [5, 5.41) is 13.9. The first-order chi connectivity index (χ1) is 8.52. The number of aromatic nitrogens is 1. The van der Waals surface area contributed by atoms with Gasteiger partial charge in [0.1, 0.15) is 5.15 Å². The molecule has 0 fully saturated rings. The standard InChI is InChI=1S/C11H15ClN4O2/c1-3-13-11(8-16(17)18)15(2)7-9-4-5-10(12)14-6-9/h4-6,8,13H,3,7H2,1-2H3. The molecular formula is C11H15ClN4O2. The molecule has 0 aliphatic heterocycles. The zero-order valence-corrected chi connectivity index (χ0v) is 11.0. The summed E-state index contributed by atoms with van der Waals surface area (Å²) < 4.78 is 0. The van der Waals surface area contributed by atoms with Gasteiger partial charge in [-0.2, -0.15) is 0 Å². The normalized spacial score (nSPS) is 11.2. The molecule has 18 heavy (non-hydrogen) atoms. The number of hydrogen-bond acceptors (Lipinski definition) is 5. The van der Waals surface area contributed by atoms with Crippen LogP contribution >= 0.6 is 11.6 Å². The van der Waals surface area contributed by atoms with Gasteiger partial charge in [-0.1, -0.05) is 17.7 Å². The molecule has 1 heterocycles. The average Bonchev–Trinajstić information content (AvgIpc) is 2.31. The summed E-state index contributed by atoms with van der Waals surface area (Å²) in [5.41, 5.74) is 0.925. The molecule has 0 saturated heterocycles. The fourth-order valence-corrected chi connectivity index (χ4v) is 1.53. The van der Waals surface area contributed by atoms with E-state index < -0.39 is 4.92 Å². The van der Waals surface area contributed by atoms with Gasteiger partial charge >= 0.3 is 0 Å². The van der Waals surface area contributed by atoms with Crippen LogP contribution in [0, 0.1) is 10.1 Å². The van der Waals surface area contributed by atoms with Crippen molar-refractivity contribution in [3.05, 3.63) is 51.2 Å². The highest BCUT2D eigenvalue weighted by molar-refractivity contribution is 6.29. The van der Waals surface area contributed by atoms with Crippen molar-refractivity contribution in [1.29, 1.82) is 0 Å². The maximum Gasteiger partial charge on any atom is 0.274 e. The first-order valence-electron chi connectivity index (χ1n) is 5.43. The van der Waals surface area contributed by atoms with Crippen LogP contribution in [0.1, 0.15) is 12.5 Å². The van der Waals surface area contributed by atoms with E-state index in [0.717, 1.165) is 11.8 Å². The number of rotatable bonds is 6. The summed E-state index contributed by atoms with van der Waals surface area (Å²) in [4.78, 5) is 15.8. The Kier molecular flexibility index (Phi) is 5.38. The van der Waals surface area contributed by atoms with Gasteiger partial charge in [0.05, 0.1) is 4.92 Å². The Morgan fingerprint density at radius 3 is 2.89 bits per heavy atom. The Morgan fingerprint density at radius 2 is 2.39 bits per heavy atom. The quantitative estimate of drug-likeness (QED) is 0.485. The minimum Gasteiger partial charge on any atom is -0.367 e. The summed E-state index contributed by atoms with van der Waals surface area (Å²) in [6.45, 7) is 3.01. The SMILES string of the molecule is CCNC(=C[N+](=O)[O-])N(C)Cc1ccc(Cl)nc1. The molecule has 7 heteroatoms. The van der Waals surface area contributed by atoms with Crippen molar-refractivity contribution in [3.8, 4) is 0 Å². The van der Waals surface area contributed by atoms with E-state index in [0.29, 0.717) is 24.1 Å². The van der Waals surface area contributed by atoms with Gasteiger partial charge in [0.25, 0.3) is 6.20 Å².